The molecule has 0 spiro atoms. The molecular formula is C24H35NO3S. The first-order valence-corrected chi connectivity index (χ1v) is 12.1. The Balaban J connectivity index is 1.55. The molecule has 5 atom stereocenters. The van der Waals surface area contributed by atoms with E-state index >= 15 is 0 Å². The van der Waals surface area contributed by atoms with Gasteiger partial charge in [-0.2, -0.15) is 0 Å². The van der Waals surface area contributed by atoms with Gasteiger partial charge in [-0.05, 0) is 74.3 Å². The van der Waals surface area contributed by atoms with E-state index in [1.165, 1.54) is 24.7 Å². The van der Waals surface area contributed by atoms with Gasteiger partial charge < -0.3 is 9.15 Å². The lowest BCUT2D eigenvalue weighted by molar-refractivity contribution is -0.168. The molecule has 160 valence electrons. The first kappa shape index (κ1) is 21.0. The zero-order valence-electron chi connectivity index (χ0n) is 18.1. The molecule has 0 amide bonds. The molecule has 2 saturated carbocycles. The highest BCUT2D eigenvalue weighted by atomic mass is 32.2. The second-order valence-corrected chi connectivity index (χ2v) is 10.8. The van der Waals surface area contributed by atoms with E-state index in [1.807, 2.05) is 18.0 Å². The highest BCUT2D eigenvalue weighted by Gasteiger charge is 2.57. The van der Waals surface area contributed by atoms with Crippen LogP contribution in [0, 0.1) is 22.7 Å². The van der Waals surface area contributed by atoms with Crippen LogP contribution in [0.15, 0.2) is 28.9 Å². The molecule has 4 nitrogen and oxygen atoms in total. The van der Waals surface area contributed by atoms with Gasteiger partial charge in [0.25, 0.3) is 0 Å². The average molecular weight is 418 g/mol. The lowest BCUT2D eigenvalue weighted by Gasteiger charge is -2.57. The molecule has 2 aliphatic carbocycles. The summed E-state index contributed by atoms with van der Waals surface area (Å²) in [5, 5.41) is 3.82. The topological polar surface area (TPSA) is 51.5 Å². The number of hydrogen-bond donors (Lipinski definition) is 1. The maximum atomic E-state index is 12.7. The fourth-order valence-corrected chi connectivity index (χ4v) is 7.70. The molecule has 4 rings (SSSR count). The quantitative estimate of drug-likeness (QED) is 0.506. The first-order chi connectivity index (χ1) is 13.9. The van der Waals surface area contributed by atoms with Gasteiger partial charge in [-0.1, -0.05) is 25.5 Å². The van der Waals surface area contributed by atoms with Gasteiger partial charge in [-0.15, -0.1) is 11.8 Å². The zero-order valence-corrected chi connectivity index (χ0v) is 18.9. The summed E-state index contributed by atoms with van der Waals surface area (Å²) in [5.41, 5.74) is 2.44. The summed E-state index contributed by atoms with van der Waals surface area (Å²) in [6, 6.07) is 2.14. The molecule has 5 unspecified atom stereocenters. The van der Waals surface area contributed by atoms with Crippen molar-refractivity contribution >= 4 is 17.7 Å². The molecule has 29 heavy (non-hydrogen) atoms. The average Bonchev–Trinajstić information content (AvgIpc) is 3.38. The van der Waals surface area contributed by atoms with Crippen LogP contribution in [0.4, 0.5) is 0 Å². The molecule has 3 aliphatic rings. The van der Waals surface area contributed by atoms with Crippen LogP contribution >= 0.6 is 11.8 Å². The van der Waals surface area contributed by atoms with Crippen LogP contribution in [0.5, 0.6) is 0 Å². The SMILES string of the molecule is C=C1CCC2C(C)(C(=O)OC)CCCC2(C)C1CCc1ccoc1C1NCCS1. The number of fused-ring (bicyclic) bond motifs is 1. The van der Waals surface area contributed by atoms with Crippen molar-refractivity contribution in [2.24, 2.45) is 22.7 Å². The molecule has 1 aromatic rings. The van der Waals surface area contributed by atoms with Gasteiger partial charge in [0.15, 0.2) is 0 Å². The lowest BCUT2D eigenvalue weighted by Crippen LogP contribution is -2.53. The summed E-state index contributed by atoms with van der Waals surface area (Å²) >= 11 is 1.93. The van der Waals surface area contributed by atoms with Crippen molar-refractivity contribution in [3.05, 3.63) is 35.8 Å². The Labute approximate surface area is 179 Å². The number of hydrogen-bond acceptors (Lipinski definition) is 5. The summed E-state index contributed by atoms with van der Waals surface area (Å²) in [7, 11) is 1.54. The van der Waals surface area contributed by atoms with E-state index in [0.717, 1.165) is 56.6 Å². The van der Waals surface area contributed by atoms with Crippen LogP contribution in [0.3, 0.4) is 0 Å². The normalized spacial score (nSPS) is 37.3. The van der Waals surface area contributed by atoms with Crippen molar-refractivity contribution in [1.82, 2.24) is 5.32 Å². The number of ether oxygens (including phenoxy) is 1. The highest BCUT2D eigenvalue weighted by Crippen LogP contribution is 2.62. The van der Waals surface area contributed by atoms with Crippen molar-refractivity contribution in [2.75, 3.05) is 19.4 Å². The second-order valence-electron chi connectivity index (χ2n) is 9.62. The van der Waals surface area contributed by atoms with E-state index in [0.29, 0.717) is 11.8 Å². The first-order valence-electron chi connectivity index (χ1n) is 11.1. The summed E-state index contributed by atoms with van der Waals surface area (Å²) in [5.74, 6) is 3.01. The van der Waals surface area contributed by atoms with E-state index in [1.54, 1.807) is 0 Å². The van der Waals surface area contributed by atoms with Crippen molar-refractivity contribution in [1.29, 1.82) is 0 Å². The van der Waals surface area contributed by atoms with Crippen LogP contribution in [-0.2, 0) is 16.0 Å². The third-order valence-electron chi connectivity index (χ3n) is 8.11. The Morgan fingerprint density at radius 1 is 1.41 bits per heavy atom. The Kier molecular flexibility index (Phi) is 5.91. The molecule has 5 heteroatoms. The van der Waals surface area contributed by atoms with Crippen LogP contribution in [0.1, 0.15) is 69.1 Å². The standard InChI is InChI=1S/C24H35NO3S/c1-16-6-9-19-23(2,11-5-12-24(19,3)22(26)27-4)18(16)8-7-17-10-14-28-20(17)21-25-13-15-29-21/h10,14,18-19,21,25H,1,5-9,11-13,15H2,2-4H3. The van der Waals surface area contributed by atoms with Gasteiger partial charge in [0.2, 0.25) is 0 Å². The minimum atomic E-state index is -0.369. The minimum absolute atomic E-state index is 0.0267. The largest absolute Gasteiger partial charge is 0.469 e. The number of carbonyl (C=O) groups excluding carboxylic acids is 1. The smallest absolute Gasteiger partial charge is 0.311 e. The van der Waals surface area contributed by atoms with E-state index in [2.05, 4.69) is 31.8 Å². The Morgan fingerprint density at radius 3 is 2.97 bits per heavy atom. The molecule has 1 saturated heterocycles. The Morgan fingerprint density at radius 2 is 2.24 bits per heavy atom. The monoisotopic (exact) mass is 417 g/mol. The van der Waals surface area contributed by atoms with Crippen LogP contribution < -0.4 is 5.32 Å². The summed E-state index contributed by atoms with van der Waals surface area (Å²) in [6.07, 6.45) is 9.19. The molecule has 0 aromatic carbocycles. The third kappa shape index (κ3) is 3.59. The summed E-state index contributed by atoms with van der Waals surface area (Å²) in [6.45, 7) is 10.1. The molecule has 3 fully saturated rings. The maximum Gasteiger partial charge on any atom is 0.311 e. The molecular weight excluding hydrogens is 382 g/mol. The maximum absolute atomic E-state index is 12.7. The van der Waals surface area contributed by atoms with Gasteiger partial charge >= 0.3 is 5.97 Å². The van der Waals surface area contributed by atoms with E-state index in [-0.39, 0.29) is 22.2 Å². The molecule has 0 bridgehead atoms. The zero-order chi connectivity index (χ0) is 20.6. The summed E-state index contributed by atoms with van der Waals surface area (Å²) in [4.78, 5) is 12.7. The van der Waals surface area contributed by atoms with E-state index < -0.39 is 0 Å². The summed E-state index contributed by atoms with van der Waals surface area (Å²) < 4.78 is 11.1. The molecule has 1 N–H and O–H groups in total. The number of furan rings is 1. The number of allylic oxidation sites excluding steroid dienone is 1. The molecule has 2 heterocycles. The fraction of sp³-hybridized carbons (Fsp3) is 0.708. The van der Waals surface area contributed by atoms with Gasteiger partial charge in [-0.25, -0.2) is 0 Å². The third-order valence-corrected chi connectivity index (χ3v) is 9.26. The predicted octanol–water partition coefficient (Wildman–Crippen LogP) is 5.50. The molecule has 1 aliphatic heterocycles. The van der Waals surface area contributed by atoms with Gasteiger partial charge in [0, 0.05) is 12.3 Å². The lowest BCUT2D eigenvalue weighted by atomic mass is 9.46. The fourth-order valence-electron chi connectivity index (χ4n) is 6.64. The molecule has 1 aromatic heterocycles. The van der Waals surface area contributed by atoms with Crippen LogP contribution in [-0.4, -0.2) is 25.4 Å². The van der Waals surface area contributed by atoms with Crippen LogP contribution in [0.2, 0.25) is 0 Å². The number of thioether (sulfide) groups is 1. The van der Waals surface area contributed by atoms with Crippen LogP contribution in [0.25, 0.3) is 0 Å². The minimum Gasteiger partial charge on any atom is -0.469 e. The van der Waals surface area contributed by atoms with Crippen molar-refractivity contribution in [3.8, 4) is 0 Å². The highest BCUT2D eigenvalue weighted by molar-refractivity contribution is 7.99. The number of rotatable bonds is 5. The van der Waals surface area contributed by atoms with Crippen molar-refractivity contribution < 1.29 is 13.9 Å². The van der Waals surface area contributed by atoms with Crippen molar-refractivity contribution in [2.45, 2.75) is 64.2 Å². The Bertz CT molecular complexity index is 768. The Hall–Kier alpha value is -1.20. The van der Waals surface area contributed by atoms with E-state index in [4.69, 9.17) is 9.15 Å². The number of methoxy groups -OCH3 is 1. The number of aryl methyl sites for hydroxylation is 1. The number of esters is 1. The second kappa shape index (κ2) is 8.14. The van der Waals surface area contributed by atoms with Gasteiger partial charge in [0.1, 0.15) is 11.1 Å². The van der Waals surface area contributed by atoms with Gasteiger partial charge in [-0.3, -0.25) is 10.1 Å². The van der Waals surface area contributed by atoms with Gasteiger partial charge in [0.05, 0.1) is 18.8 Å². The molecule has 0 radical (unpaired) electrons. The predicted molar refractivity (Wildman–Crippen MR) is 118 cm³/mol. The number of carbonyl (C=O) groups is 1. The van der Waals surface area contributed by atoms with Crippen molar-refractivity contribution in [3.63, 3.8) is 0 Å². The van der Waals surface area contributed by atoms with E-state index in [9.17, 15) is 4.79 Å². The number of nitrogens with one attached hydrogen (secondary N) is 1.